The smallest absolute Gasteiger partial charge is 0.0997 e. The fourth-order valence-electron chi connectivity index (χ4n) is 2.06. The number of imidazole rings is 1. The SMILES string of the molecule is CCC(N)Cc1ccc(-n2cnc(C)c2C)c(Cl)c1. The molecular formula is C15H20ClN3. The highest BCUT2D eigenvalue weighted by atomic mass is 35.5. The summed E-state index contributed by atoms with van der Waals surface area (Å²) in [6, 6.07) is 6.32. The van der Waals surface area contributed by atoms with E-state index in [9.17, 15) is 0 Å². The molecule has 1 atom stereocenters. The number of benzene rings is 1. The molecule has 1 unspecified atom stereocenters. The molecule has 2 aromatic rings. The van der Waals surface area contributed by atoms with E-state index in [-0.39, 0.29) is 6.04 Å². The fraction of sp³-hybridized carbons (Fsp3) is 0.400. The predicted molar refractivity (Wildman–Crippen MR) is 80.0 cm³/mol. The molecule has 19 heavy (non-hydrogen) atoms. The number of nitrogens with two attached hydrogens (primary N) is 1. The van der Waals surface area contributed by atoms with Gasteiger partial charge < -0.3 is 10.3 Å². The van der Waals surface area contributed by atoms with E-state index in [2.05, 4.69) is 18.0 Å². The lowest BCUT2D eigenvalue weighted by Gasteiger charge is -2.12. The largest absolute Gasteiger partial charge is 0.327 e. The first-order valence-electron chi connectivity index (χ1n) is 6.57. The highest BCUT2D eigenvalue weighted by Crippen LogP contribution is 2.24. The minimum Gasteiger partial charge on any atom is -0.327 e. The normalized spacial score (nSPS) is 12.7. The van der Waals surface area contributed by atoms with Crippen molar-refractivity contribution in [1.29, 1.82) is 0 Å². The van der Waals surface area contributed by atoms with Gasteiger partial charge in [-0.3, -0.25) is 0 Å². The van der Waals surface area contributed by atoms with Crippen molar-refractivity contribution in [1.82, 2.24) is 9.55 Å². The van der Waals surface area contributed by atoms with Crippen LogP contribution >= 0.6 is 11.6 Å². The average molecular weight is 278 g/mol. The van der Waals surface area contributed by atoms with Crippen molar-refractivity contribution >= 4 is 11.6 Å². The van der Waals surface area contributed by atoms with Crippen molar-refractivity contribution < 1.29 is 0 Å². The Hall–Kier alpha value is -1.32. The van der Waals surface area contributed by atoms with Gasteiger partial charge >= 0.3 is 0 Å². The Kier molecular flexibility index (Phi) is 4.27. The predicted octanol–water partition coefficient (Wildman–Crippen LogP) is 3.42. The first-order valence-corrected chi connectivity index (χ1v) is 6.95. The molecular weight excluding hydrogens is 258 g/mol. The van der Waals surface area contributed by atoms with Crippen molar-refractivity contribution in [3.8, 4) is 5.69 Å². The van der Waals surface area contributed by atoms with E-state index in [0.29, 0.717) is 0 Å². The number of aromatic nitrogens is 2. The summed E-state index contributed by atoms with van der Waals surface area (Å²) < 4.78 is 2.02. The van der Waals surface area contributed by atoms with Gasteiger partial charge in [0.2, 0.25) is 0 Å². The zero-order valence-corrected chi connectivity index (χ0v) is 12.4. The van der Waals surface area contributed by atoms with Crippen molar-refractivity contribution in [2.45, 2.75) is 39.7 Å². The number of rotatable bonds is 4. The zero-order valence-electron chi connectivity index (χ0n) is 11.7. The summed E-state index contributed by atoms with van der Waals surface area (Å²) in [6.45, 7) is 6.13. The standard InChI is InChI=1S/C15H20ClN3/c1-4-13(17)7-12-5-6-15(14(16)8-12)19-9-18-10(2)11(19)3/h5-6,8-9,13H,4,7,17H2,1-3H3. The minimum absolute atomic E-state index is 0.194. The number of halogens is 1. The van der Waals surface area contributed by atoms with Gasteiger partial charge in [0.05, 0.1) is 22.7 Å². The van der Waals surface area contributed by atoms with Crippen molar-refractivity contribution in [3.05, 3.63) is 46.5 Å². The molecule has 102 valence electrons. The van der Waals surface area contributed by atoms with Gasteiger partial charge in [-0.2, -0.15) is 0 Å². The van der Waals surface area contributed by atoms with Crippen LogP contribution in [-0.4, -0.2) is 15.6 Å². The second-order valence-electron chi connectivity index (χ2n) is 4.94. The van der Waals surface area contributed by atoms with Crippen LogP contribution in [0.4, 0.5) is 0 Å². The summed E-state index contributed by atoms with van der Waals surface area (Å²) in [4.78, 5) is 4.30. The Bertz CT molecular complexity index is 575. The van der Waals surface area contributed by atoms with Crippen LogP contribution in [0.1, 0.15) is 30.3 Å². The summed E-state index contributed by atoms with van der Waals surface area (Å²) in [5.41, 5.74) is 10.3. The first-order chi connectivity index (χ1) is 9.02. The van der Waals surface area contributed by atoms with Crippen LogP contribution in [0, 0.1) is 13.8 Å². The lowest BCUT2D eigenvalue weighted by molar-refractivity contribution is 0.646. The number of nitrogens with zero attached hydrogens (tertiary/aromatic N) is 2. The van der Waals surface area contributed by atoms with Gasteiger partial charge in [-0.05, 0) is 44.4 Å². The van der Waals surface area contributed by atoms with Crippen LogP contribution in [0.3, 0.4) is 0 Å². The maximum absolute atomic E-state index is 6.38. The monoisotopic (exact) mass is 277 g/mol. The van der Waals surface area contributed by atoms with E-state index in [0.717, 1.165) is 34.9 Å². The molecule has 0 bridgehead atoms. The molecule has 0 radical (unpaired) electrons. The van der Waals surface area contributed by atoms with Crippen LogP contribution in [0.2, 0.25) is 5.02 Å². The molecule has 1 heterocycles. The molecule has 2 rings (SSSR count). The Morgan fingerprint density at radius 2 is 2.11 bits per heavy atom. The van der Waals surface area contributed by atoms with Crippen molar-refractivity contribution in [2.24, 2.45) is 5.73 Å². The van der Waals surface area contributed by atoms with Crippen LogP contribution < -0.4 is 5.73 Å². The van der Waals surface area contributed by atoms with Gasteiger partial charge in [0.15, 0.2) is 0 Å². The molecule has 0 aliphatic rings. The Labute approximate surface area is 119 Å². The van der Waals surface area contributed by atoms with Gasteiger partial charge in [-0.1, -0.05) is 24.6 Å². The zero-order chi connectivity index (χ0) is 14.0. The van der Waals surface area contributed by atoms with Gasteiger partial charge in [-0.15, -0.1) is 0 Å². The molecule has 4 heteroatoms. The molecule has 1 aromatic heterocycles. The third-order valence-electron chi connectivity index (χ3n) is 3.55. The van der Waals surface area contributed by atoms with Gasteiger partial charge in [0.25, 0.3) is 0 Å². The molecule has 0 amide bonds. The van der Waals surface area contributed by atoms with E-state index in [1.54, 1.807) is 0 Å². The maximum Gasteiger partial charge on any atom is 0.0997 e. The lowest BCUT2D eigenvalue weighted by atomic mass is 10.0. The number of hydrogen-bond donors (Lipinski definition) is 1. The van der Waals surface area contributed by atoms with Gasteiger partial charge in [0, 0.05) is 11.7 Å². The third-order valence-corrected chi connectivity index (χ3v) is 3.85. The van der Waals surface area contributed by atoms with Gasteiger partial charge in [-0.25, -0.2) is 4.98 Å². The van der Waals surface area contributed by atoms with Gasteiger partial charge in [0.1, 0.15) is 0 Å². The molecule has 3 nitrogen and oxygen atoms in total. The molecule has 0 aliphatic carbocycles. The quantitative estimate of drug-likeness (QED) is 0.931. The van der Waals surface area contributed by atoms with Crippen LogP contribution in [0.25, 0.3) is 5.69 Å². The van der Waals surface area contributed by atoms with Crippen LogP contribution in [0.15, 0.2) is 24.5 Å². The summed E-state index contributed by atoms with van der Waals surface area (Å²) in [5.74, 6) is 0. The molecule has 0 saturated carbocycles. The Morgan fingerprint density at radius 1 is 1.37 bits per heavy atom. The van der Waals surface area contributed by atoms with Crippen LogP contribution in [-0.2, 0) is 6.42 Å². The summed E-state index contributed by atoms with van der Waals surface area (Å²) in [7, 11) is 0. The fourth-order valence-corrected chi connectivity index (χ4v) is 2.36. The van der Waals surface area contributed by atoms with E-state index in [4.69, 9.17) is 17.3 Å². The van der Waals surface area contributed by atoms with E-state index in [1.165, 1.54) is 5.56 Å². The highest BCUT2D eigenvalue weighted by molar-refractivity contribution is 6.32. The third kappa shape index (κ3) is 2.99. The average Bonchev–Trinajstić information content (AvgIpc) is 2.70. The summed E-state index contributed by atoms with van der Waals surface area (Å²) in [6.07, 6.45) is 3.64. The molecule has 0 saturated heterocycles. The number of hydrogen-bond acceptors (Lipinski definition) is 2. The Morgan fingerprint density at radius 3 is 2.63 bits per heavy atom. The second kappa shape index (κ2) is 5.76. The minimum atomic E-state index is 0.194. The first kappa shape index (κ1) is 14.1. The van der Waals surface area contributed by atoms with E-state index < -0.39 is 0 Å². The van der Waals surface area contributed by atoms with Crippen molar-refractivity contribution in [2.75, 3.05) is 0 Å². The maximum atomic E-state index is 6.38. The van der Waals surface area contributed by atoms with E-state index in [1.807, 2.05) is 36.9 Å². The molecule has 0 fully saturated rings. The van der Waals surface area contributed by atoms with Crippen molar-refractivity contribution in [3.63, 3.8) is 0 Å². The summed E-state index contributed by atoms with van der Waals surface area (Å²) in [5, 5.41) is 0.737. The second-order valence-corrected chi connectivity index (χ2v) is 5.35. The molecule has 0 spiro atoms. The lowest BCUT2D eigenvalue weighted by Crippen LogP contribution is -2.21. The van der Waals surface area contributed by atoms with Crippen LogP contribution in [0.5, 0.6) is 0 Å². The topological polar surface area (TPSA) is 43.8 Å². The highest BCUT2D eigenvalue weighted by Gasteiger charge is 2.09. The molecule has 0 aliphatic heterocycles. The summed E-state index contributed by atoms with van der Waals surface area (Å²) >= 11 is 6.38. The molecule has 2 N–H and O–H groups in total. The van der Waals surface area contributed by atoms with E-state index >= 15 is 0 Å². The number of aryl methyl sites for hydroxylation is 1. The Balaban J connectivity index is 2.32. The molecule has 1 aromatic carbocycles.